The van der Waals surface area contributed by atoms with Crippen LogP contribution < -0.4 is 0 Å². The quantitative estimate of drug-likeness (QED) is 0.257. The molecule has 0 radical (unpaired) electrons. The Morgan fingerprint density at radius 3 is 0.846 bits per heavy atom. The Labute approximate surface area is 583 Å². The second-order valence-corrected chi connectivity index (χ2v) is 40.7. The van der Waals surface area contributed by atoms with Crippen molar-refractivity contribution in [1.82, 2.24) is 0 Å². The monoisotopic (exact) mass is 1280 g/mol. The Balaban J connectivity index is 0. The van der Waals surface area contributed by atoms with Crippen molar-refractivity contribution in [3.63, 3.8) is 0 Å². The van der Waals surface area contributed by atoms with E-state index in [1.165, 1.54) is 263 Å². The Bertz CT molecular complexity index is 1550. The van der Waals surface area contributed by atoms with Crippen LogP contribution in [-0.4, -0.2) is 0 Å². The number of hydrogen-bond donors (Lipinski definition) is 0. The van der Waals surface area contributed by atoms with Gasteiger partial charge in [-0.2, -0.15) is 0 Å². The summed E-state index contributed by atoms with van der Waals surface area (Å²) in [6.07, 6.45) is 60.0. The molecule has 9 aliphatic carbocycles. The van der Waals surface area contributed by atoms with E-state index in [1.54, 1.807) is 0 Å². The van der Waals surface area contributed by atoms with Gasteiger partial charge in [0, 0.05) is 0 Å². The Kier molecular flexibility index (Phi) is 49.0. The summed E-state index contributed by atoms with van der Waals surface area (Å²) in [7, 11) is 0. The molecular weight excluding hydrogens is 1090 g/mol. The van der Waals surface area contributed by atoms with Crippen molar-refractivity contribution in [3.05, 3.63) is 0 Å². The maximum absolute atomic E-state index is 2.55. The van der Waals surface area contributed by atoms with E-state index in [9.17, 15) is 0 Å². The summed E-state index contributed by atoms with van der Waals surface area (Å²) >= 11 is 0. The van der Waals surface area contributed by atoms with Gasteiger partial charge in [0.15, 0.2) is 0 Å². The molecule has 3 unspecified atom stereocenters. The fourth-order valence-corrected chi connectivity index (χ4v) is 15.4. The molecule has 0 spiro atoms. The van der Waals surface area contributed by atoms with Gasteiger partial charge in [-0.05, 0) is 153 Å². The Morgan fingerprint density at radius 1 is 0.330 bits per heavy atom. The lowest BCUT2D eigenvalue weighted by Gasteiger charge is -2.47. The predicted octanol–water partition coefficient (Wildman–Crippen LogP) is 33.3. The SMILES string of the molecule is CC(C)(C)C.CC(C)(C)C1CCCCC1.CC(C1CCCCC1)C1CCCCC1.CC1(C)CCCCC1.CC1C(C)(C)CCCC1(C)C.CC1CC1.CC1CCCC(C)C1C.CC1CCCCC1.CC1CCCCC1(C)C.CCC(C)(C)C.CCC(C)(CC)CC. The standard InChI is InChI=1S/C14H26.C11H22.C10H20.2C9H18.C8H16.C8H18.C7H14.C6H14.C5H12.C4H8/c1-12(13-8-4-2-5-9-13)14-10-6-3-7-11-14;1-9-10(2,3)7-6-8-11(9,4)5;1-10(2,3)9-7-5-4-6-8-9;1-8-6-4-5-7-9(8,2)3;1-7-5-4-6-8(2)9(7)3;1-8(2)6-4-3-5-7-8;1-5-8(4,6-2)7-3;1-7-5-3-2-4-6-7;1-5-6(2,3)4;1-5(2,3)4;1-4-2-3-4/h12-14H,2-11H2,1H3;9H,6-8H2,1-5H3;9H,4-8H2,1-3H3;8H,4-7H2,1-3H3;7-9H,4-6H2,1-3H3;3-7H2,1-2H3;5-7H2,1-4H3;7H,2-6H2,1H3;5H2,1-4H3;1-4H3;4H,2-3H2,1H3. The van der Waals surface area contributed by atoms with E-state index in [0.29, 0.717) is 43.3 Å². The van der Waals surface area contributed by atoms with E-state index in [0.717, 1.165) is 65.1 Å². The normalized spacial score (nSPS) is 26.2. The van der Waals surface area contributed by atoms with Crippen molar-refractivity contribution >= 4 is 0 Å². The molecule has 0 heteroatoms. The van der Waals surface area contributed by atoms with E-state index >= 15 is 0 Å². The van der Waals surface area contributed by atoms with Gasteiger partial charge in [-0.25, -0.2) is 0 Å². The lowest BCUT2D eigenvalue weighted by atomic mass is 9.58. The van der Waals surface area contributed by atoms with Crippen molar-refractivity contribution < 1.29 is 0 Å². The fourth-order valence-electron chi connectivity index (χ4n) is 15.4. The molecule has 0 nitrogen and oxygen atoms in total. The van der Waals surface area contributed by atoms with Crippen LogP contribution in [0.1, 0.15) is 478 Å². The maximum Gasteiger partial charge on any atom is -0.0323 e. The Morgan fingerprint density at radius 2 is 0.637 bits per heavy atom. The topological polar surface area (TPSA) is 0 Å². The highest BCUT2D eigenvalue weighted by Gasteiger charge is 2.40. The lowest BCUT2D eigenvalue weighted by Crippen LogP contribution is -2.38. The first-order valence-electron chi connectivity index (χ1n) is 41.9. The van der Waals surface area contributed by atoms with Crippen molar-refractivity contribution in [1.29, 1.82) is 0 Å². The molecule has 3 atom stereocenters. The van der Waals surface area contributed by atoms with E-state index in [1.807, 2.05) is 0 Å². The van der Waals surface area contributed by atoms with E-state index in [2.05, 4.69) is 215 Å². The molecule has 550 valence electrons. The smallest absolute Gasteiger partial charge is 0.0323 e. The zero-order chi connectivity index (χ0) is 70.3. The molecular formula is C91H186. The minimum absolute atomic E-state index is 0.500. The predicted molar refractivity (Wildman–Crippen MR) is 423 cm³/mol. The van der Waals surface area contributed by atoms with Crippen LogP contribution in [0.4, 0.5) is 0 Å². The van der Waals surface area contributed by atoms with Gasteiger partial charge in [0.25, 0.3) is 0 Å². The van der Waals surface area contributed by atoms with Gasteiger partial charge >= 0.3 is 0 Å². The third-order valence-corrected chi connectivity index (χ3v) is 26.3. The second-order valence-electron chi connectivity index (χ2n) is 40.7. The number of rotatable bonds is 5. The molecule has 9 aliphatic rings. The van der Waals surface area contributed by atoms with Crippen molar-refractivity contribution in [2.75, 3.05) is 0 Å². The molecule has 91 heavy (non-hydrogen) atoms. The highest BCUT2D eigenvalue weighted by Crippen LogP contribution is 2.50. The zero-order valence-corrected chi connectivity index (χ0v) is 70.3. The summed E-state index contributed by atoms with van der Waals surface area (Å²) < 4.78 is 0. The average molecular weight is 1280 g/mol. The first-order chi connectivity index (χ1) is 41.9. The molecule has 0 aromatic heterocycles. The minimum Gasteiger partial charge on any atom is -0.0649 e. The van der Waals surface area contributed by atoms with Gasteiger partial charge in [-0.15, -0.1) is 0 Å². The third-order valence-electron chi connectivity index (χ3n) is 26.3. The summed E-state index contributed by atoms with van der Waals surface area (Å²) in [6, 6.07) is 0. The van der Waals surface area contributed by atoms with Crippen LogP contribution >= 0.6 is 0 Å². The van der Waals surface area contributed by atoms with Crippen LogP contribution in [0, 0.1) is 108 Å². The van der Waals surface area contributed by atoms with Crippen LogP contribution in [0.15, 0.2) is 0 Å². The van der Waals surface area contributed by atoms with E-state index < -0.39 is 0 Å². The molecule has 0 N–H and O–H groups in total. The lowest BCUT2D eigenvalue weighted by molar-refractivity contribution is 0.0286. The van der Waals surface area contributed by atoms with Crippen molar-refractivity contribution in [3.8, 4) is 0 Å². The van der Waals surface area contributed by atoms with E-state index in [4.69, 9.17) is 0 Å². The van der Waals surface area contributed by atoms with Gasteiger partial charge in [-0.1, -0.05) is 433 Å². The van der Waals surface area contributed by atoms with Crippen LogP contribution in [0.2, 0.25) is 0 Å². The molecule has 0 aromatic rings. The second kappa shape index (κ2) is 47.9. The molecule has 0 bridgehead atoms. The molecule has 0 amide bonds. The third kappa shape index (κ3) is 49.2. The maximum atomic E-state index is 2.55. The summed E-state index contributed by atoms with van der Waals surface area (Å²) in [5.74, 6) is 11.1. The highest BCUT2D eigenvalue weighted by atomic mass is 14.5. The van der Waals surface area contributed by atoms with Crippen LogP contribution in [0.25, 0.3) is 0 Å². The van der Waals surface area contributed by atoms with Gasteiger partial charge in [-0.3, -0.25) is 0 Å². The van der Waals surface area contributed by atoms with Crippen molar-refractivity contribution in [2.45, 2.75) is 478 Å². The molecule has 0 aromatic carbocycles. The van der Waals surface area contributed by atoms with Gasteiger partial charge in [0.05, 0.1) is 0 Å². The van der Waals surface area contributed by atoms with Crippen molar-refractivity contribution in [2.24, 2.45) is 108 Å². The first kappa shape index (κ1) is 93.1. The number of hydrogen-bond acceptors (Lipinski definition) is 0. The minimum atomic E-state index is 0.500. The van der Waals surface area contributed by atoms with Gasteiger partial charge < -0.3 is 0 Å². The fraction of sp³-hybridized carbons (Fsp3) is 1.00. The summed E-state index contributed by atoms with van der Waals surface area (Å²) in [5.41, 5.74) is 4.69. The molecule has 9 fully saturated rings. The van der Waals surface area contributed by atoms with Gasteiger partial charge in [0.1, 0.15) is 0 Å². The molecule has 0 aliphatic heterocycles. The highest BCUT2D eigenvalue weighted by molar-refractivity contribution is 4.91. The molecule has 9 saturated carbocycles. The molecule has 0 saturated heterocycles. The Hall–Kier alpha value is 0. The van der Waals surface area contributed by atoms with Gasteiger partial charge in [0.2, 0.25) is 0 Å². The summed E-state index contributed by atoms with van der Waals surface area (Å²) in [4.78, 5) is 0. The largest absolute Gasteiger partial charge is 0.0649 e. The van der Waals surface area contributed by atoms with E-state index in [-0.39, 0.29) is 0 Å². The summed E-state index contributed by atoms with van der Waals surface area (Å²) in [6.45, 7) is 72.4. The first-order valence-corrected chi connectivity index (χ1v) is 41.9. The molecule has 9 rings (SSSR count). The summed E-state index contributed by atoms with van der Waals surface area (Å²) in [5, 5.41) is 0. The van der Waals surface area contributed by atoms with Crippen LogP contribution in [0.5, 0.6) is 0 Å². The molecule has 0 heterocycles. The average Bonchev–Trinajstić information content (AvgIpc) is 2.49. The zero-order valence-electron chi connectivity index (χ0n) is 70.3. The van der Waals surface area contributed by atoms with Crippen LogP contribution in [0.3, 0.4) is 0 Å². The van der Waals surface area contributed by atoms with Crippen LogP contribution in [-0.2, 0) is 0 Å².